The van der Waals surface area contributed by atoms with Crippen molar-refractivity contribution in [3.63, 3.8) is 0 Å². The topological polar surface area (TPSA) is 86.0 Å². The molecule has 0 aliphatic rings. The van der Waals surface area contributed by atoms with Gasteiger partial charge in [-0.05, 0) is 47.5 Å². The Bertz CT molecular complexity index is 1240. The number of thiazole rings is 1. The minimum atomic E-state index is -0.0686. The molecule has 0 aliphatic carbocycles. The summed E-state index contributed by atoms with van der Waals surface area (Å²) in [6.45, 7) is 6.13. The molecule has 0 aliphatic heterocycles. The van der Waals surface area contributed by atoms with Crippen molar-refractivity contribution in [1.29, 1.82) is 0 Å². The minimum absolute atomic E-state index is 0.0686. The highest BCUT2D eigenvalue weighted by atomic mass is 32.2. The molecule has 0 unspecified atom stereocenters. The highest BCUT2D eigenvalue weighted by molar-refractivity contribution is 7.98. The van der Waals surface area contributed by atoms with Crippen LogP contribution in [-0.4, -0.2) is 37.7 Å². The fourth-order valence-electron chi connectivity index (χ4n) is 3.37. The van der Waals surface area contributed by atoms with E-state index in [9.17, 15) is 4.79 Å². The Kier molecular flexibility index (Phi) is 7.36. The molecule has 0 fully saturated rings. The van der Waals surface area contributed by atoms with E-state index < -0.39 is 0 Å². The third-order valence-electron chi connectivity index (χ3n) is 4.84. The number of amides is 1. The van der Waals surface area contributed by atoms with E-state index in [2.05, 4.69) is 22.4 Å². The number of para-hydroxylation sites is 3. The zero-order valence-electron chi connectivity index (χ0n) is 18.6. The van der Waals surface area contributed by atoms with E-state index in [0.717, 1.165) is 34.8 Å². The number of nitrogens with zero attached hydrogens (tertiary/aromatic N) is 6. The molecule has 1 amide bonds. The van der Waals surface area contributed by atoms with E-state index in [-0.39, 0.29) is 5.91 Å². The number of benzene rings is 2. The van der Waals surface area contributed by atoms with E-state index in [1.807, 2.05) is 60.8 Å². The lowest BCUT2D eigenvalue weighted by Crippen LogP contribution is -2.23. The summed E-state index contributed by atoms with van der Waals surface area (Å²) in [5.74, 6) is 1.21. The fourth-order valence-corrected chi connectivity index (χ4v) is 5.13. The predicted molar refractivity (Wildman–Crippen MR) is 131 cm³/mol. The third-order valence-corrected chi connectivity index (χ3v) is 6.67. The standard InChI is InChI=1S/C23H24N6O2S2/c1-4-17-10-6-7-11-19(17)28(16(3)30)22-24-18(14-32-22)15-33-23-25-26-27-29(23)20-12-8-9-13-21(20)31-5-2/h6-14H,4-5,15H2,1-3H3. The van der Waals surface area contributed by atoms with E-state index >= 15 is 0 Å². The second-order valence-corrected chi connectivity index (χ2v) is 8.80. The lowest BCUT2D eigenvalue weighted by atomic mass is 10.1. The van der Waals surface area contributed by atoms with Crippen molar-refractivity contribution in [3.8, 4) is 11.4 Å². The van der Waals surface area contributed by atoms with Crippen LogP contribution in [-0.2, 0) is 17.0 Å². The van der Waals surface area contributed by atoms with Crippen LogP contribution in [0.5, 0.6) is 5.75 Å². The smallest absolute Gasteiger partial charge is 0.230 e. The van der Waals surface area contributed by atoms with Crippen LogP contribution < -0.4 is 9.64 Å². The summed E-state index contributed by atoms with van der Waals surface area (Å²) in [4.78, 5) is 18.9. The van der Waals surface area contributed by atoms with Gasteiger partial charge in [-0.1, -0.05) is 49.0 Å². The van der Waals surface area contributed by atoms with Crippen LogP contribution in [0.4, 0.5) is 10.8 Å². The highest BCUT2D eigenvalue weighted by Crippen LogP contribution is 2.33. The molecule has 0 saturated carbocycles. The molecule has 0 saturated heterocycles. The Labute approximate surface area is 200 Å². The van der Waals surface area contributed by atoms with Crippen molar-refractivity contribution >= 4 is 39.8 Å². The molecule has 33 heavy (non-hydrogen) atoms. The highest BCUT2D eigenvalue weighted by Gasteiger charge is 2.21. The average molecular weight is 481 g/mol. The van der Waals surface area contributed by atoms with Crippen molar-refractivity contribution < 1.29 is 9.53 Å². The number of aryl methyl sites for hydroxylation is 1. The van der Waals surface area contributed by atoms with Gasteiger partial charge in [0.2, 0.25) is 11.1 Å². The monoisotopic (exact) mass is 480 g/mol. The minimum Gasteiger partial charge on any atom is -0.492 e. The first-order valence-electron chi connectivity index (χ1n) is 10.6. The molecule has 0 radical (unpaired) electrons. The van der Waals surface area contributed by atoms with Crippen LogP contribution in [0.15, 0.2) is 59.1 Å². The van der Waals surface area contributed by atoms with Crippen LogP contribution in [0.2, 0.25) is 0 Å². The van der Waals surface area contributed by atoms with Gasteiger partial charge >= 0.3 is 0 Å². The number of rotatable bonds is 9. The largest absolute Gasteiger partial charge is 0.492 e. The number of ether oxygens (including phenoxy) is 1. The van der Waals surface area contributed by atoms with Gasteiger partial charge in [-0.3, -0.25) is 9.69 Å². The van der Waals surface area contributed by atoms with Gasteiger partial charge in [0.15, 0.2) is 5.13 Å². The Morgan fingerprint density at radius 3 is 2.73 bits per heavy atom. The SMILES string of the molecule is CCOc1ccccc1-n1nnnc1SCc1csc(N(C(C)=O)c2ccccc2CC)n1. The average Bonchev–Trinajstić information content (AvgIpc) is 3.48. The molecule has 170 valence electrons. The first-order chi connectivity index (χ1) is 16.1. The van der Waals surface area contributed by atoms with Crippen LogP contribution in [0.3, 0.4) is 0 Å². The number of aromatic nitrogens is 5. The van der Waals surface area contributed by atoms with Crippen molar-refractivity contribution in [2.24, 2.45) is 0 Å². The molecule has 10 heteroatoms. The number of hydrogen-bond donors (Lipinski definition) is 0. The van der Waals surface area contributed by atoms with Gasteiger partial charge in [0, 0.05) is 18.1 Å². The Balaban J connectivity index is 1.54. The maximum absolute atomic E-state index is 12.5. The first kappa shape index (κ1) is 22.9. The van der Waals surface area contributed by atoms with E-state index in [1.165, 1.54) is 23.1 Å². The molecule has 0 bridgehead atoms. The summed E-state index contributed by atoms with van der Waals surface area (Å²) >= 11 is 2.93. The van der Waals surface area contributed by atoms with Gasteiger partial charge in [-0.15, -0.1) is 16.4 Å². The maximum Gasteiger partial charge on any atom is 0.230 e. The van der Waals surface area contributed by atoms with Crippen molar-refractivity contribution in [3.05, 3.63) is 65.2 Å². The summed E-state index contributed by atoms with van der Waals surface area (Å²) < 4.78 is 7.39. The molecule has 4 rings (SSSR count). The maximum atomic E-state index is 12.5. The molecule has 2 aromatic heterocycles. The van der Waals surface area contributed by atoms with Crippen molar-refractivity contribution in [2.45, 2.75) is 38.1 Å². The van der Waals surface area contributed by atoms with Gasteiger partial charge in [0.1, 0.15) is 11.4 Å². The summed E-state index contributed by atoms with van der Waals surface area (Å²) in [7, 11) is 0. The normalized spacial score (nSPS) is 10.9. The van der Waals surface area contributed by atoms with Crippen LogP contribution >= 0.6 is 23.1 Å². The lowest BCUT2D eigenvalue weighted by Gasteiger charge is -2.20. The molecule has 8 nitrogen and oxygen atoms in total. The van der Waals surface area contributed by atoms with Gasteiger partial charge in [-0.25, -0.2) is 4.98 Å². The van der Waals surface area contributed by atoms with E-state index in [4.69, 9.17) is 9.72 Å². The molecule has 4 aromatic rings. The van der Waals surface area contributed by atoms with E-state index in [1.54, 1.807) is 16.5 Å². The zero-order valence-corrected chi connectivity index (χ0v) is 20.3. The Morgan fingerprint density at radius 2 is 1.94 bits per heavy atom. The lowest BCUT2D eigenvalue weighted by molar-refractivity contribution is -0.115. The van der Waals surface area contributed by atoms with Gasteiger partial charge in [-0.2, -0.15) is 4.68 Å². The van der Waals surface area contributed by atoms with Crippen molar-refractivity contribution in [2.75, 3.05) is 11.5 Å². The molecule has 0 spiro atoms. The first-order valence-corrected chi connectivity index (χ1v) is 12.4. The van der Waals surface area contributed by atoms with Crippen molar-refractivity contribution in [1.82, 2.24) is 25.2 Å². The predicted octanol–water partition coefficient (Wildman–Crippen LogP) is 5.06. The Hall–Kier alpha value is -3.24. The number of thioether (sulfide) groups is 1. The second-order valence-electron chi connectivity index (χ2n) is 7.02. The van der Waals surface area contributed by atoms with E-state index in [0.29, 0.717) is 22.6 Å². The number of carbonyl (C=O) groups excluding carboxylic acids is 1. The van der Waals surface area contributed by atoms with Crippen LogP contribution in [0.25, 0.3) is 5.69 Å². The molecular formula is C23H24N6O2S2. The van der Waals surface area contributed by atoms with Crippen LogP contribution in [0.1, 0.15) is 32.0 Å². The second kappa shape index (κ2) is 10.6. The number of carbonyl (C=O) groups is 1. The molecular weight excluding hydrogens is 456 g/mol. The third kappa shape index (κ3) is 5.07. The van der Waals surface area contributed by atoms with Gasteiger partial charge < -0.3 is 4.74 Å². The summed E-state index contributed by atoms with van der Waals surface area (Å²) in [5, 5.41) is 15.4. The zero-order chi connectivity index (χ0) is 23.2. The quantitative estimate of drug-likeness (QED) is 0.310. The summed E-state index contributed by atoms with van der Waals surface area (Å²) in [6, 6.07) is 15.6. The molecule has 2 aromatic carbocycles. The Morgan fingerprint density at radius 1 is 1.15 bits per heavy atom. The van der Waals surface area contributed by atoms with Crippen LogP contribution in [0, 0.1) is 0 Å². The molecule has 2 heterocycles. The summed E-state index contributed by atoms with van der Waals surface area (Å²) in [6.07, 6.45) is 0.833. The van der Waals surface area contributed by atoms with Gasteiger partial charge in [0.25, 0.3) is 0 Å². The van der Waals surface area contributed by atoms with Gasteiger partial charge in [0.05, 0.1) is 18.0 Å². The molecule has 0 N–H and O–H groups in total. The number of hydrogen-bond acceptors (Lipinski definition) is 8. The summed E-state index contributed by atoms with van der Waals surface area (Å²) in [5.41, 5.74) is 3.61. The fraction of sp³-hybridized carbons (Fsp3) is 0.261. The number of tetrazole rings is 1. The number of anilines is 2. The molecule has 0 atom stereocenters.